The molecule has 2 aliphatic rings. The number of carbonyl (C=O) groups is 1. The monoisotopic (exact) mass is 617 g/mol. The van der Waals surface area contributed by atoms with E-state index < -0.39 is 5.82 Å². The highest BCUT2D eigenvalue weighted by Gasteiger charge is 2.32. The predicted molar refractivity (Wildman–Crippen MR) is 174 cm³/mol. The molecule has 1 fully saturated rings. The number of aryl methyl sites for hydroxylation is 1. The number of hydrogen-bond acceptors (Lipinski definition) is 7. The summed E-state index contributed by atoms with van der Waals surface area (Å²) >= 11 is 0. The van der Waals surface area contributed by atoms with Crippen LogP contribution in [0.2, 0.25) is 0 Å². The molecule has 1 saturated heterocycles. The van der Waals surface area contributed by atoms with Gasteiger partial charge in [0.25, 0.3) is 0 Å². The van der Waals surface area contributed by atoms with E-state index in [0.29, 0.717) is 38.7 Å². The molecule has 9 nitrogen and oxygen atoms in total. The molecule has 6 rings (SSSR count). The number of amides is 1. The molecule has 0 saturated carbocycles. The lowest BCUT2D eigenvalue weighted by Gasteiger charge is -2.41. The minimum Gasteiger partial charge on any atom is -0.493 e. The normalized spacial score (nSPS) is 15.7. The maximum Gasteiger partial charge on any atom is 0.230 e. The zero-order valence-corrected chi connectivity index (χ0v) is 27.0. The average Bonchev–Trinajstić information content (AvgIpc) is 3.70. The molecular weight excluding hydrogens is 573 g/mol. The fourth-order valence-electron chi connectivity index (χ4n) is 6.09. The number of H-pyrrole nitrogens is 1. The van der Waals surface area contributed by atoms with Crippen LogP contribution in [0.1, 0.15) is 65.0 Å². The van der Waals surface area contributed by atoms with E-state index in [2.05, 4.69) is 47.1 Å². The molecule has 2 aliphatic heterocycles. The molecule has 0 atom stereocenters. The highest BCUT2D eigenvalue weighted by atomic mass is 19.1. The molecule has 2 aromatic carbocycles. The molecule has 4 heterocycles. The van der Waals surface area contributed by atoms with E-state index in [1.807, 2.05) is 11.8 Å². The molecule has 0 bridgehead atoms. The third-order valence-corrected chi connectivity index (χ3v) is 9.18. The highest BCUT2D eigenvalue weighted by Crippen LogP contribution is 2.39. The summed E-state index contributed by atoms with van der Waals surface area (Å²) in [6.07, 6.45) is 9.48. The van der Waals surface area contributed by atoms with Crippen LogP contribution in [0.25, 0.3) is 21.8 Å². The van der Waals surface area contributed by atoms with Gasteiger partial charge in [-0.2, -0.15) is 0 Å². The number of benzene rings is 2. The number of nitrogens with zero attached hydrogens (tertiary/aromatic N) is 3. The number of halogens is 1. The smallest absolute Gasteiger partial charge is 0.230 e. The maximum atomic E-state index is 15.1. The first kappa shape index (κ1) is 32.1. The Kier molecular flexibility index (Phi) is 10.1. The first-order chi connectivity index (χ1) is 21.8. The van der Waals surface area contributed by atoms with E-state index in [9.17, 15) is 4.79 Å². The first-order valence-corrected chi connectivity index (χ1v) is 15.9. The summed E-state index contributed by atoms with van der Waals surface area (Å²) < 4.78 is 32.6. The van der Waals surface area contributed by atoms with Crippen molar-refractivity contribution in [2.75, 3.05) is 33.4 Å². The standard InChI is InChI=1S/C30H35FN4O4.C5H9N/c1-5-30(6-2)10-12-35(13-11-30)27(36)9-14-38-26-17-23-21(16-25(26)37-4)29(33-18-32-23)39-24-8-7-22-20(28(24)31)15-19(3)34-22;1-5-3-2-4-6-5/h7-8,15-18,34H,5-6,9-14H2,1-4H3;3,6H,2,4H2,1H3. The van der Waals surface area contributed by atoms with Gasteiger partial charge in [-0.25, -0.2) is 14.4 Å². The fourth-order valence-corrected chi connectivity index (χ4v) is 6.09. The molecule has 0 spiro atoms. The lowest BCUT2D eigenvalue weighted by atomic mass is 9.74. The zero-order chi connectivity index (χ0) is 32.0. The Hall–Kier alpha value is -4.34. The average molecular weight is 618 g/mol. The van der Waals surface area contributed by atoms with Gasteiger partial charge in [0, 0.05) is 48.0 Å². The molecular formula is C35H44FN5O4. The first-order valence-electron chi connectivity index (χ1n) is 15.9. The number of methoxy groups -OCH3 is 1. The van der Waals surface area contributed by atoms with Gasteiger partial charge in [0.2, 0.25) is 11.8 Å². The molecule has 0 radical (unpaired) electrons. The second-order valence-corrected chi connectivity index (χ2v) is 11.9. The third kappa shape index (κ3) is 7.32. The van der Waals surface area contributed by atoms with Crippen molar-refractivity contribution in [3.05, 3.63) is 59.9 Å². The van der Waals surface area contributed by atoms with Gasteiger partial charge in [0.05, 0.1) is 31.0 Å². The van der Waals surface area contributed by atoms with Crippen molar-refractivity contribution < 1.29 is 23.4 Å². The van der Waals surface area contributed by atoms with E-state index in [1.165, 1.54) is 25.6 Å². The molecule has 0 aliphatic carbocycles. The Morgan fingerprint density at radius 3 is 2.44 bits per heavy atom. The Morgan fingerprint density at radius 2 is 1.80 bits per heavy atom. The number of hydrogen-bond donors (Lipinski definition) is 2. The number of piperidine rings is 1. The van der Waals surface area contributed by atoms with Crippen LogP contribution in [0.5, 0.6) is 23.1 Å². The topological polar surface area (TPSA) is 102 Å². The lowest BCUT2D eigenvalue weighted by molar-refractivity contribution is -0.134. The number of aromatic amines is 1. The van der Waals surface area contributed by atoms with Crippen LogP contribution in [0.15, 0.2) is 48.4 Å². The number of carbonyl (C=O) groups excluding carboxylic acids is 1. The summed E-state index contributed by atoms with van der Waals surface area (Å²) in [5.41, 5.74) is 3.80. The van der Waals surface area contributed by atoms with Gasteiger partial charge < -0.3 is 29.4 Å². The van der Waals surface area contributed by atoms with Gasteiger partial charge in [-0.1, -0.05) is 32.8 Å². The van der Waals surface area contributed by atoms with Gasteiger partial charge in [-0.05, 0) is 62.8 Å². The highest BCUT2D eigenvalue weighted by molar-refractivity contribution is 5.87. The summed E-state index contributed by atoms with van der Waals surface area (Å²) in [4.78, 5) is 26.5. The van der Waals surface area contributed by atoms with Crippen LogP contribution < -0.4 is 19.5 Å². The van der Waals surface area contributed by atoms with Crippen LogP contribution in [0, 0.1) is 18.2 Å². The van der Waals surface area contributed by atoms with E-state index >= 15 is 4.39 Å². The molecule has 240 valence electrons. The van der Waals surface area contributed by atoms with Crippen LogP contribution in [0.4, 0.5) is 4.39 Å². The number of rotatable bonds is 9. The summed E-state index contributed by atoms with van der Waals surface area (Å²) in [5, 5.41) is 4.18. The largest absolute Gasteiger partial charge is 0.493 e. The van der Waals surface area contributed by atoms with Crippen LogP contribution in [-0.4, -0.2) is 59.1 Å². The molecule has 10 heteroatoms. The molecule has 0 unspecified atom stereocenters. The van der Waals surface area contributed by atoms with Crippen molar-refractivity contribution in [2.24, 2.45) is 5.41 Å². The number of fused-ring (bicyclic) bond motifs is 2. The van der Waals surface area contributed by atoms with Crippen LogP contribution in [-0.2, 0) is 4.79 Å². The van der Waals surface area contributed by atoms with Crippen molar-refractivity contribution in [3.8, 4) is 23.1 Å². The Morgan fingerprint density at radius 1 is 1.02 bits per heavy atom. The number of likely N-dealkylation sites (tertiary alicyclic amines) is 1. The van der Waals surface area contributed by atoms with Crippen molar-refractivity contribution in [1.29, 1.82) is 0 Å². The van der Waals surface area contributed by atoms with Gasteiger partial charge in [0.1, 0.15) is 6.33 Å². The quantitative estimate of drug-likeness (QED) is 0.201. The SMILES string of the molecule is CC1=CCCN1.CCC1(CC)CCN(C(=O)CCOc2cc3ncnc(Oc4ccc5[nH]c(C)cc5c4F)c3cc2OC)CC1. The van der Waals surface area contributed by atoms with E-state index in [-0.39, 0.29) is 30.6 Å². The fraction of sp³-hybridized carbons (Fsp3) is 0.457. The minimum absolute atomic E-state index is 0.0622. The zero-order valence-electron chi connectivity index (χ0n) is 27.0. The summed E-state index contributed by atoms with van der Waals surface area (Å²) in [7, 11) is 1.53. The van der Waals surface area contributed by atoms with Crippen LogP contribution >= 0.6 is 0 Å². The number of ether oxygens (including phenoxy) is 3. The number of aromatic nitrogens is 3. The van der Waals surface area contributed by atoms with Crippen molar-refractivity contribution in [1.82, 2.24) is 25.2 Å². The van der Waals surface area contributed by atoms with E-state index in [1.54, 1.807) is 30.3 Å². The predicted octanol–water partition coefficient (Wildman–Crippen LogP) is 7.44. The summed E-state index contributed by atoms with van der Waals surface area (Å²) in [6, 6.07) is 8.51. The Bertz CT molecular complexity index is 1670. The van der Waals surface area contributed by atoms with Crippen molar-refractivity contribution in [2.45, 2.75) is 66.2 Å². The van der Waals surface area contributed by atoms with Crippen molar-refractivity contribution >= 4 is 27.7 Å². The van der Waals surface area contributed by atoms with Gasteiger partial charge in [-0.3, -0.25) is 4.79 Å². The summed E-state index contributed by atoms with van der Waals surface area (Å²) in [6.45, 7) is 11.4. The molecule has 4 aromatic rings. The Balaban J connectivity index is 0.000000598. The molecule has 1 amide bonds. The second-order valence-electron chi connectivity index (χ2n) is 11.9. The third-order valence-electron chi connectivity index (χ3n) is 9.18. The molecule has 45 heavy (non-hydrogen) atoms. The minimum atomic E-state index is -0.469. The molecule has 2 N–H and O–H groups in total. The maximum absolute atomic E-state index is 15.1. The van der Waals surface area contributed by atoms with E-state index in [0.717, 1.165) is 51.0 Å². The number of nitrogens with one attached hydrogen (secondary N) is 2. The molecule has 2 aromatic heterocycles. The van der Waals surface area contributed by atoms with E-state index in [4.69, 9.17) is 14.2 Å². The Labute approximate surface area is 264 Å². The summed E-state index contributed by atoms with van der Waals surface area (Å²) in [5.74, 6) is 0.806. The van der Waals surface area contributed by atoms with Gasteiger partial charge in [0.15, 0.2) is 23.1 Å². The van der Waals surface area contributed by atoms with Gasteiger partial charge in [-0.15, -0.1) is 0 Å². The lowest BCUT2D eigenvalue weighted by Crippen LogP contribution is -2.43. The van der Waals surface area contributed by atoms with Crippen molar-refractivity contribution in [3.63, 3.8) is 0 Å². The van der Waals surface area contributed by atoms with Gasteiger partial charge >= 0.3 is 0 Å². The number of allylic oxidation sites excluding steroid dienone is 1. The van der Waals surface area contributed by atoms with Crippen LogP contribution in [0.3, 0.4) is 0 Å². The second kappa shape index (κ2) is 14.2.